The van der Waals surface area contributed by atoms with Crippen molar-refractivity contribution in [3.63, 3.8) is 0 Å². The average molecular weight is 326 g/mol. The smallest absolute Gasteiger partial charge is 0.183 e. The van der Waals surface area contributed by atoms with E-state index in [1.54, 1.807) is 17.5 Å². The van der Waals surface area contributed by atoms with Crippen molar-refractivity contribution >= 4 is 11.3 Å². The van der Waals surface area contributed by atoms with Crippen LogP contribution in [0.1, 0.15) is 24.6 Å². The Morgan fingerprint density at radius 2 is 2.09 bits per heavy atom. The molecule has 23 heavy (non-hydrogen) atoms. The predicted octanol–water partition coefficient (Wildman–Crippen LogP) is 3.04. The minimum atomic E-state index is 0.478. The highest BCUT2D eigenvalue weighted by molar-refractivity contribution is 7.14. The van der Waals surface area contributed by atoms with E-state index < -0.39 is 0 Å². The zero-order valence-corrected chi connectivity index (χ0v) is 13.1. The molecule has 7 heteroatoms. The summed E-state index contributed by atoms with van der Waals surface area (Å²) in [6, 6.07) is 5.78. The third-order valence-corrected chi connectivity index (χ3v) is 4.87. The van der Waals surface area contributed by atoms with Gasteiger partial charge < -0.3 is 9.47 Å². The first-order valence-corrected chi connectivity index (χ1v) is 8.54. The van der Waals surface area contributed by atoms with Gasteiger partial charge in [0, 0.05) is 17.5 Å². The number of ether oxygens (including phenoxy) is 2. The topological polar surface area (TPSA) is 62.1 Å². The quantitative estimate of drug-likeness (QED) is 0.740. The Balaban J connectivity index is 1.68. The van der Waals surface area contributed by atoms with E-state index in [0.717, 1.165) is 46.7 Å². The van der Waals surface area contributed by atoms with Gasteiger partial charge in [0.25, 0.3) is 0 Å². The van der Waals surface area contributed by atoms with Crippen molar-refractivity contribution < 1.29 is 9.47 Å². The number of hydrogen-bond donors (Lipinski definition) is 0. The van der Waals surface area contributed by atoms with Crippen LogP contribution in [0.5, 0.6) is 11.5 Å². The standard InChI is InChI=1S/C16H14N4O2S/c1-2-6-17-12(3-1)20-16(18-15(19-20)10-4-5-10)14-13-11(9-23-14)21-7-8-22-13/h1-3,6,9-10H,4-5,7-8H2. The van der Waals surface area contributed by atoms with Gasteiger partial charge in [-0.2, -0.15) is 4.68 Å². The minimum absolute atomic E-state index is 0.478. The predicted molar refractivity (Wildman–Crippen MR) is 85.4 cm³/mol. The van der Waals surface area contributed by atoms with Gasteiger partial charge in [-0.1, -0.05) is 6.07 Å². The van der Waals surface area contributed by atoms with Crippen LogP contribution in [0.15, 0.2) is 29.8 Å². The third kappa shape index (κ3) is 2.19. The lowest BCUT2D eigenvalue weighted by molar-refractivity contribution is 0.174. The van der Waals surface area contributed by atoms with E-state index in [1.807, 2.05) is 28.3 Å². The van der Waals surface area contributed by atoms with Crippen molar-refractivity contribution in [3.05, 3.63) is 35.6 Å². The van der Waals surface area contributed by atoms with Crippen molar-refractivity contribution in [3.8, 4) is 28.0 Å². The van der Waals surface area contributed by atoms with Gasteiger partial charge in [-0.3, -0.25) is 0 Å². The number of rotatable bonds is 3. The lowest BCUT2D eigenvalue weighted by Gasteiger charge is -2.15. The van der Waals surface area contributed by atoms with E-state index in [-0.39, 0.29) is 0 Å². The maximum Gasteiger partial charge on any atom is 0.183 e. The van der Waals surface area contributed by atoms with Gasteiger partial charge in [-0.15, -0.1) is 16.4 Å². The van der Waals surface area contributed by atoms with Crippen LogP contribution in [-0.4, -0.2) is 33.0 Å². The number of hydrogen-bond acceptors (Lipinski definition) is 6. The molecule has 1 aliphatic carbocycles. The molecule has 116 valence electrons. The monoisotopic (exact) mass is 326 g/mol. The summed E-state index contributed by atoms with van der Waals surface area (Å²) in [7, 11) is 0. The molecular weight excluding hydrogens is 312 g/mol. The zero-order valence-electron chi connectivity index (χ0n) is 12.3. The molecule has 0 saturated heterocycles. The second kappa shape index (κ2) is 5.06. The first-order chi connectivity index (χ1) is 11.4. The molecular formula is C16H14N4O2S. The largest absolute Gasteiger partial charge is 0.485 e. The summed E-state index contributed by atoms with van der Waals surface area (Å²) in [5.74, 6) is 4.48. The van der Waals surface area contributed by atoms with Crippen LogP contribution >= 0.6 is 11.3 Å². The molecule has 0 aromatic carbocycles. The third-order valence-electron chi connectivity index (χ3n) is 3.94. The number of fused-ring (bicyclic) bond motifs is 1. The maximum atomic E-state index is 5.81. The van der Waals surface area contributed by atoms with Gasteiger partial charge in [0.2, 0.25) is 0 Å². The molecule has 1 aliphatic heterocycles. The van der Waals surface area contributed by atoms with Crippen molar-refractivity contribution in [2.24, 2.45) is 0 Å². The molecule has 3 aromatic rings. The van der Waals surface area contributed by atoms with Gasteiger partial charge in [-0.05, 0) is 25.0 Å². The maximum absolute atomic E-state index is 5.81. The van der Waals surface area contributed by atoms with Crippen LogP contribution < -0.4 is 9.47 Å². The van der Waals surface area contributed by atoms with E-state index in [4.69, 9.17) is 19.6 Å². The molecule has 3 aromatic heterocycles. The first kappa shape index (κ1) is 13.1. The van der Waals surface area contributed by atoms with Gasteiger partial charge in [0.15, 0.2) is 29.0 Å². The van der Waals surface area contributed by atoms with E-state index >= 15 is 0 Å². The van der Waals surface area contributed by atoms with Crippen LogP contribution in [0.4, 0.5) is 0 Å². The Kier molecular flexibility index (Phi) is 2.87. The molecule has 0 unspecified atom stereocenters. The van der Waals surface area contributed by atoms with E-state index in [9.17, 15) is 0 Å². The van der Waals surface area contributed by atoms with E-state index in [1.165, 1.54) is 0 Å². The van der Waals surface area contributed by atoms with E-state index in [0.29, 0.717) is 19.1 Å². The van der Waals surface area contributed by atoms with Crippen molar-refractivity contribution in [1.29, 1.82) is 0 Å². The molecule has 1 saturated carbocycles. The molecule has 0 atom stereocenters. The normalized spacial score (nSPS) is 16.5. The summed E-state index contributed by atoms with van der Waals surface area (Å²) in [5, 5.41) is 6.67. The summed E-state index contributed by atoms with van der Waals surface area (Å²) in [5.41, 5.74) is 0. The van der Waals surface area contributed by atoms with Crippen molar-refractivity contribution in [2.45, 2.75) is 18.8 Å². The summed E-state index contributed by atoms with van der Waals surface area (Å²) in [6.45, 7) is 1.15. The fraction of sp³-hybridized carbons (Fsp3) is 0.312. The number of thiophene rings is 1. The summed E-state index contributed by atoms with van der Waals surface area (Å²) < 4.78 is 13.3. The SMILES string of the molecule is c1ccc(-n2nc(C3CC3)nc2-c2scc3c2OCCO3)nc1. The Morgan fingerprint density at radius 1 is 1.17 bits per heavy atom. The molecule has 0 bridgehead atoms. The molecule has 6 nitrogen and oxygen atoms in total. The van der Waals surface area contributed by atoms with Crippen molar-refractivity contribution in [2.75, 3.05) is 13.2 Å². The van der Waals surface area contributed by atoms with Crippen LogP contribution in [0.3, 0.4) is 0 Å². The molecule has 1 fully saturated rings. The zero-order chi connectivity index (χ0) is 15.2. The van der Waals surface area contributed by atoms with Gasteiger partial charge >= 0.3 is 0 Å². The van der Waals surface area contributed by atoms with Crippen LogP contribution in [0.25, 0.3) is 16.5 Å². The van der Waals surface area contributed by atoms with Gasteiger partial charge in [-0.25, -0.2) is 9.97 Å². The molecule has 0 spiro atoms. The van der Waals surface area contributed by atoms with Crippen LogP contribution in [-0.2, 0) is 0 Å². The lowest BCUT2D eigenvalue weighted by atomic mass is 10.3. The highest BCUT2D eigenvalue weighted by Crippen LogP contribution is 2.46. The molecule has 0 N–H and O–H groups in total. The summed E-state index contributed by atoms with van der Waals surface area (Å²) in [6.07, 6.45) is 4.09. The fourth-order valence-corrected chi connectivity index (χ4v) is 3.55. The Morgan fingerprint density at radius 3 is 2.91 bits per heavy atom. The number of nitrogens with zero attached hydrogens (tertiary/aromatic N) is 4. The highest BCUT2D eigenvalue weighted by Gasteiger charge is 2.31. The lowest BCUT2D eigenvalue weighted by Crippen LogP contribution is -2.14. The summed E-state index contributed by atoms with van der Waals surface area (Å²) in [4.78, 5) is 10.2. The minimum Gasteiger partial charge on any atom is -0.485 e. The highest BCUT2D eigenvalue weighted by atomic mass is 32.1. The fourth-order valence-electron chi connectivity index (χ4n) is 2.65. The second-order valence-electron chi connectivity index (χ2n) is 5.62. The Bertz CT molecular complexity index is 854. The average Bonchev–Trinajstić information content (AvgIpc) is 3.22. The molecule has 5 rings (SSSR count). The van der Waals surface area contributed by atoms with Crippen LogP contribution in [0.2, 0.25) is 0 Å². The molecule has 0 radical (unpaired) electrons. The Hall–Kier alpha value is -2.41. The number of pyridine rings is 1. The number of aromatic nitrogens is 4. The molecule has 2 aliphatic rings. The Labute approximate surface area is 136 Å². The second-order valence-corrected chi connectivity index (χ2v) is 6.50. The molecule has 4 heterocycles. The van der Waals surface area contributed by atoms with E-state index in [2.05, 4.69) is 4.98 Å². The van der Waals surface area contributed by atoms with Crippen LogP contribution in [0, 0.1) is 0 Å². The molecule has 0 amide bonds. The summed E-state index contributed by atoms with van der Waals surface area (Å²) >= 11 is 1.57. The van der Waals surface area contributed by atoms with Crippen molar-refractivity contribution in [1.82, 2.24) is 19.7 Å². The van der Waals surface area contributed by atoms with Gasteiger partial charge in [0.1, 0.15) is 18.1 Å². The van der Waals surface area contributed by atoms with Gasteiger partial charge in [0.05, 0.1) is 0 Å². The first-order valence-electron chi connectivity index (χ1n) is 7.66.